The van der Waals surface area contributed by atoms with Gasteiger partial charge in [0.1, 0.15) is 0 Å². The van der Waals surface area contributed by atoms with E-state index >= 15 is 0 Å². The molecule has 0 aliphatic heterocycles. The fourth-order valence-electron chi connectivity index (χ4n) is 4.12. The summed E-state index contributed by atoms with van der Waals surface area (Å²) in [4.78, 5) is 0. The van der Waals surface area contributed by atoms with E-state index in [0.717, 1.165) is 6.42 Å². The standard InChI is InChI=1S/C30H37P/c1-2-3-4-9-18-27(28-19-10-5-11-20-28)21-12-8-17-26-31(29-22-13-6-14-23-29)30-24-15-7-16-25-30/h5-7,10-16,19-25,27H,2-4,8-9,17-18,26H2,1H3/b21-12+. The predicted octanol–water partition coefficient (Wildman–Crippen LogP) is 8.21. The summed E-state index contributed by atoms with van der Waals surface area (Å²) in [5.74, 6) is 0.558. The van der Waals surface area contributed by atoms with Crippen molar-refractivity contribution in [1.82, 2.24) is 0 Å². The van der Waals surface area contributed by atoms with Gasteiger partial charge in [0.05, 0.1) is 0 Å². The molecule has 162 valence electrons. The molecule has 3 aromatic rings. The Bertz CT molecular complexity index is 815. The zero-order valence-electron chi connectivity index (χ0n) is 19.0. The highest BCUT2D eigenvalue weighted by molar-refractivity contribution is 7.73. The van der Waals surface area contributed by atoms with Crippen molar-refractivity contribution in [2.75, 3.05) is 6.16 Å². The molecule has 0 heterocycles. The third kappa shape index (κ3) is 8.12. The first-order valence-electron chi connectivity index (χ1n) is 12.0. The Labute approximate surface area is 191 Å². The van der Waals surface area contributed by atoms with Crippen molar-refractivity contribution >= 4 is 18.5 Å². The third-order valence-corrected chi connectivity index (χ3v) is 8.46. The highest BCUT2D eigenvalue weighted by Crippen LogP contribution is 2.34. The maximum absolute atomic E-state index is 2.48. The van der Waals surface area contributed by atoms with E-state index in [0.29, 0.717) is 5.92 Å². The largest absolute Gasteiger partial charge is 0.0879 e. The first kappa shape index (κ1) is 23.5. The topological polar surface area (TPSA) is 0 Å². The molecule has 0 saturated heterocycles. The quantitative estimate of drug-likeness (QED) is 0.146. The molecule has 31 heavy (non-hydrogen) atoms. The monoisotopic (exact) mass is 428 g/mol. The van der Waals surface area contributed by atoms with Gasteiger partial charge >= 0.3 is 0 Å². The lowest BCUT2D eigenvalue weighted by Gasteiger charge is -2.18. The number of hydrogen-bond acceptors (Lipinski definition) is 0. The molecule has 0 aliphatic rings. The maximum Gasteiger partial charge on any atom is 0.00179 e. The third-order valence-electron chi connectivity index (χ3n) is 5.85. The van der Waals surface area contributed by atoms with Gasteiger partial charge in [-0.1, -0.05) is 136 Å². The minimum absolute atomic E-state index is 0.274. The van der Waals surface area contributed by atoms with E-state index in [1.54, 1.807) is 0 Å². The van der Waals surface area contributed by atoms with Crippen molar-refractivity contribution in [1.29, 1.82) is 0 Å². The normalized spacial score (nSPS) is 12.5. The van der Waals surface area contributed by atoms with Gasteiger partial charge in [-0.25, -0.2) is 0 Å². The second-order valence-electron chi connectivity index (χ2n) is 8.26. The number of benzene rings is 3. The number of unbranched alkanes of at least 4 members (excludes halogenated alkanes) is 4. The van der Waals surface area contributed by atoms with Crippen LogP contribution >= 0.6 is 7.92 Å². The van der Waals surface area contributed by atoms with Crippen molar-refractivity contribution in [3.63, 3.8) is 0 Å². The Hall–Kier alpha value is -2.17. The van der Waals surface area contributed by atoms with Crippen molar-refractivity contribution in [3.8, 4) is 0 Å². The molecule has 0 amide bonds. The molecule has 1 heteroatoms. The molecule has 0 spiro atoms. The predicted molar refractivity (Wildman–Crippen MR) is 140 cm³/mol. The zero-order chi connectivity index (χ0) is 21.6. The van der Waals surface area contributed by atoms with Gasteiger partial charge in [-0.15, -0.1) is 0 Å². The minimum Gasteiger partial charge on any atom is -0.0879 e. The van der Waals surface area contributed by atoms with Gasteiger partial charge in [-0.05, 0) is 49.5 Å². The lowest BCUT2D eigenvalue weighted by molar-refractivity contribution is 0.603. The van der Waals surface area contributed by atoms with Crippen LogP contribution in [0, 0.1) is 0 Å². The molecular formula is C30H37P. The van der Waals surface area contributed by atoms with E-state index in [2.05, 4.69) is 110 Å². The maximum atomic E-state index is 2.48. The van der Waals surface area contributed by atoms with Gasteiger partial charge in [0.25, 0.3) is 0 Å². The SMILES string of the molecule is CCCCCCC(/C=C/CCCP(c1ccccc1)c1ccccc1)c1ccccc1. The Morgan fingerprint density at radius 3 is 1.84 bits per heavy atom. The molecule has 3 aromatic carbocycles. The van der Waals surface area contributed by atoms with Crippen LogP contribution in [0.2, 0.25) is 0 Å². The van der Waals surface area contributed by atoms with Crippen LogP contribution in [0.3, 0.4) is 0 Å². The van der Waals surface area contributed by atoms with E-state index in [1.807, 2.05) is 0 Å². The van der Waals surface area contributed by atoms with E-state index in [1.165, 1.54) is 60.9 Å². The lowest BCUT2D eigenvalue weighted by atomic mass is 9.92. The van der Waals surface area contributed by atoms with Crippen LogP contribution in [0.25, 0.3) is 0 Å². The average Bonchev–Trinajstić information content (AvgIpc) is 2.84. The first-order chi connectivity index (χ1) is 15.4. The van der Waals surface area contributed by atoms with Crippen LogP contribution < -0.4 is 10.6 Å². The summed E-state index contributed by atoms with van der Waals surface area (Å²) in [7, 11) is -0.274. The van der Waals surface area contributed by atoms with Crippen LogP contribution in [-0.4, -0.2) is 6.16 Å². The Morgan fingerprint density at radius 1 is 0.677 bits per heavy atom. The second kappa shape index (κ2) is 14.0. The van der Waals surface area contributed by atoms with Gasteiger partial charge in [0.2, 0.25) is 0 Å². The van der Waals surface area contributed by atoms with Crippen LogP contribution in [0.15, 0.2) is 103 Å². The zero-order valence-corrected chi connectivity index (χ0v) is 19.9. The average molecular weight is 429 g/mol. The van der Waals surface area contributed by atoms with E-state index in [4.69, 9.17) is 0 Å². The smallest absolute Gasteiger partial charge is 0.00179 e. The van der Waals surface area contributed by atoms with Crippen molar-refractivity contribution in [3.05, 3.63) is 109 Å². The first-order valence-corrected chi connectivity index (χ1v) is 13.5. The molecule has 0 fully saturated rings. The molecule has 1 atom stereocenters. The van der Waals surface area contributed by atoms with Gasteiger partial charge in [-0.2, -0.15) is 0 Å². The molecule has 0 bridgehead atoms. The number of allylic oxidation sites excluding steroid dienone is 2. The van der Waals surface area contributed by atoms with Crippen molar-refractivity contribution in [2.24, 2.45) is 0 Å². The fraction of sp³-hybridized carbons (Fsp3) is 0.333. The number of rotatable bonds is 13. The van der Waals surface area contributed by atoms with Crippen molar-refractivity contribution < 1.29 is 0 Å². The van der Waals surface area contributed by atoms with Crippen LogP contribution in [0.5, 0.6) is 0 Å². The molecule has 0 saturated carbocycles. The van der Waals surface area contributed by atoms with Crippen LogP contribution in [0.1, 0.15) is 63.4 Å². The molecule has 0 radical (unpaired) electrons. The van der Waals surface area contributed by atoms with Crippen LogP contribution in [-0.2, 0) is 0 Å². The van der Waals surface area contributed by atoms with Gasteiger partial charge < -0.3 is 0 Å². The summed E-state index contributed by atoms with van der Waals surface area (Å²) in [6.07, 6.45) is 15.2. The van der Waals surface area contributed by atoms with Crippen molar-refractivity contribution in [2.45, 2.75) is 57.8 Å². The lowest BCUT2D eigenvalue weighted by Crippen LogP contribution is -2.13. The summed E-state index contributed by atoms with van der Waals surface area (Å²) in [5, 5.41) is 2.98. The highest BCUT2D eigenvalue weighted by atomic mass is 31.1. The molecule has 0 aliphatic carbocycles. The Morgan fingerprint density at radius 2 is 1.26 bits per heavy atom. The molecule has 0 N–H and O–H groups in total. The van der Waals surface area contributed by atoms with E-state index < -0.39 is 0 Å². The minimum atomic E-state index is -0.274. The Balaban J connectivity index is 1.57. The fourth-order valence-corrected chi connectivity index (χ4v) is 6.49. The second-order valence-corrected chi connectivity index (χ2v) is 10.6. The Kier molecular flexibility index (Phi) is 10.6. The van der Waals surface area contributed by atoms with Gasteiger partial charge in [0, 0.05) is 5.92 Å². The number of hydrogen-bond donors (Lipinski definition) is 0. The van der Waals surface area contributed by atoms with E-state index in [-0.39, 0.29) is 7.92 Å². The molecule has 0 nitrogen and oxygen atoms in total. The summed E-state index contributed by atoms with van der Waals surface area (Å²) in [6.45, 7) is 2.29. The highest BCUT2D eigenvalue weighted by Gasteiger charge is 2.12. The summed E-state index contributed by atoms with van der Waals surface area (Å²) >= 11 is 0. The molecule has 3 rings (SSSR count). The van der Waals surface area contributed by atoms with Crippen LogP contribution in [0.4, 0.5) is 0 Å². The summed E-state index contributed by atoms with van der Waals surface area (Å²) < 4.78 is 0. The van der Waals surface area contributed by atoms with E-state index in [9.17, 15) is 0 Å². The molecular weight excluding hydrogens is 391 g/mol. The van der Waals surface area contributed by atoms with Gasteiger partial charge in [-0.3, -0.25) is 0 Å². The summed E-state index contributed by atoms with van der Waals surface area (Å²) in [6, 6.07) is 33.2. The van der Waals surface area contributed by atoms with Gasteiger partial charge in [0.15, 0.2) is 0 Å². The molecule has 0 aromatic heterocycles. The summed E-state index contributed by atoms with van der Waals surface area (Å²) in [5.41, 5.74) is 1.46. The molecule has 1 unspecified atom stereocenters.